The predicted molar refractivity (Wildman–Crippen MR) is 112 cm³/mol. The Morgan fingerprint density at radius 2 is 1.96 bits per heavy atom. The van der Waals surface area contributed by atoms with Crippen molar-refractivity contribution in [2.45, 2.75) is 31.7 Å². The molecule has 3 unspecified atom stereocenters. The lowest BCUT2D eigenvalue weighted by Gasteiger charge is -2.38. The fraction of sp³-hybridized carbons (Fsp3) is 0.348. The van der Waals surface area contributed by atoms with Crippen molar-refractivity contribution >= 4 is 23.0 Å². The number of amides is 1. The maximum atomic E-state index is 11.7. The van der Waals surface area contributed by atoms with Gasteiger partial charge in [-0.1, -0.05) is 31.2 Å². The molecule has 4 heteroatoms. The van der Waals surface area contributed by atoms with Gasteiger partial charge in [0.15, 0.2) is 0 Å². The molecule has 2 N–H and O–H groups in total. The molecule has 140 valence electrons. The van der Waals surface area contributed by atoms with E-state index in [4.69, 9.17) is 0 Å². The molecule has 1 heterocycles. The molecule has 2 aliphatic rings. The Kier molecular flexibility index (Phi) is 4.65. The molecule has 0 radical (unpaired) electrons. The lowest BCUT2D eigenvalue weighted by molar-refractivity contribution is -0.115. The van der Waals surface area contributed by atoms with E-state index in [1.165, 1.54) is 22.5 Å². The van der Waals surface area contributed by atoms with Crippen LogP contribution in [0.4, 0.5) is 17.1 Å². The highest BCUT2D eigenvalue weighted by Crippen LogP contribution is 2.50. The van der Waals surface area contributed by atoms with Crippen LogP contribution in [0.2, 0.25) is 0 Å². The van der Waals surface area contributed by atoms with Gasteiger partial charge in [-0.25, -0.2) is 0 Å². The van der Waals surface area contributed by atoms with Gasteiger partial charge >= 0.3 is 0 Å². The van der Waals surface area contributed by atoms with Crippen LogP contribution >= 0.6 is 0 Å². The van der Waals surface area contributed by atoms with E-state index in [-0.39, 0.29) is 5.91 Å². The third-order valence-corrected chi connectivity index (χ3v) is 5.74. The standard InChI is InChI=1S/C23H27N3O/c1-4-22(27)24-16-10-13-21-20(14-16)18-6-5-7-19(18)23(25-21)15-8-11-17(12-9-15)26(2)3/h5-6,8-14,18-19,23,25H,4,7H2,1-3H3,(H,24,27). The van der Waals surface area contributed by atoms with Gasteiger partial charge in [0.2, 0.25) is 5.91 Å². The maximum absolute atomic E-state index is 11.7. The number of hydrogen-bond acceptors (Lipinski definition) is 3. The Hall–Kier alpha value is -2.75. The fourth-order valence-corrected chi connectivity index (χ4v) is 4.23. The third-order valence-electron chi connectivity index (χ3n) is 5.74. The highest BCUT2D eigenvalue weighted by atomic mass is 16.1. The van der Waals surface area contributed by atoms with Crippen LogP contribution in [0.15, 0.2) is 54.6 Å². The molecule has 1 aliphatic heterocycles. The first-order chi connectivity index (χ1) is 13.1. The summed E-state index contributed by atoms with van der Waals surface area (Å²) in [5, 5.41) is 6.75. The molecular formula is C23H27N3O. The number of fused-ring (bicyclic) bond motifs is 3. The number of anilines is 3. The molecule has 3 atom stereocenters. The van der Waals surface area contributed by atoms with E-state index in [2.05, 4.69) is 78.2 Å². The summed E-state index contributed by atoms with van der Waals surface area (Å²) in [6, 6.07) is 15.4. The molecule has 2 aromatic rings. The number of rotatable bonds is 4. The lowest BCUT2D eigenvalue weighted by atomic mass is 9.77. The average Bonchev–Trinajstić information content (AvgIpc) is 3.17. The summed E-state index contributed by atoms with van der Waals surface area (Å²) in [7, 11) is 4.13. The molecule has 0 bridgehead atoms. The molecule has 27 heavy (non-hydrogen) atoms. The first kappa shape index (κ1) is 17.7. The zero-order valence-electron chi connectivity index (χ0n) is 16.2. The summed E-state index contributed by atoms with van der Waals surface area (Å²) in [5.74, 6) is 0.939. The maximum Gasteiger partial charge on any atom is 0.224 e. The molecule has 1 amide bonds. The number of allylic oxidation sites excluding steroid dienone is 2. The number of hydrogen-bond donors (Lipinski definition) is 2. The van der Waals surface area contributed by atoms with Crippen molar-refractivity contribution in [2.75, 3.05) is 29.6 Å². The van der Waals surface area contributed by atoms with Gasteiger partial charge in [-0.3, -0.25) is 4.79 Å². The van der Waals surface area contributed by atoms with Gasteiger partial charge in [0.1, 0.15) is 0 Å². The highest BCUT2D eigenvalue weighted by Gasteiger charge is 2.37. The summed E-state index contributed by atoms with van der Waals surface area (Å²) >= 11 is 0. The SMILES string of the molecule is CCC(=O)Nc1ccc2c(c1)C1C=CCC1C(c1ccc(N(C)C)cc1)N2. The lowest BCUT2D eigenvalue weighted by Crippen LogP contribution is -2.29. The summed E-state index contributed by atoms with van der Waals surface area (Å²) < 4.78 is 0. The third kappa shape index (κ3) is 3.32. The Morgan fingerprint density at radius 1 is 1.19 bits per heavy atom. The van der Waals surface area contributed by atoms with Crippen LogP contribution < -0.4 is 15.5 Å². The second-order valence-electron chi connectivity index (χ2n) is 7.67. The largest absolute Gasteiger partial charge is 0.378 e. The van der Waals surface area contributed by atoms with Crippen LogP contribution in [-0.4, -0.2) is 20.0 Å². The Morgan fingerprint density at radius 3 is 2.67 bits per heavy atom. The highest BCUT2D eigenvalue weighted by molar-refractivity contribution is 5.91. The molecule has 0 saturated carbocycles. The van der Waals surface area contributed by atoms with Crippen LogP contribution in [0.1, 0.15) is 42.9 Å². The Bertz CT molecular complexity index is 870. The van der Waals surface area contributed by atoms with Crippen LogP contribution in [0.25, 0.3) is 0 Å². The van der Waals surface area contributed by atoms with Crippen molar-refractivity contribution < 1.29 is 4.79 Å². The number of benzene rings is 2. The van der Waals surface area contributed by atoms with Crippen LogP contribution in [-0.2, 0) is 4.79 Å². The van der Waals surface area contributed by atoms with E-state index in [1.807, 2.05) is 13.0 Å². The summed E-state index contributed by atoms with van der Waals surface area (Å²) in [6.45, 7) is 1.87. The number of nitrogens with zero attached hydrogens (tertiary/aromatic N) is 1. The average molecular weight is 361 g/mol. The normalized spacial score (nSPS) is 22.6. The summed E-state index contributed by atoms with van der Waals surface area (Å²) in [4.78, 5) is 13.9. The van der Waals surface area contributed by atoms with Crippen molar-refractivity contribution in [3.63, 3.8) is 0 Å². The van der Waals surface area contributed by atoms with Gasteiger partial charge in [0.25, 0.3) is 0 Å². The van der Waals surface area contributed by atoms with Crippen molar-refractivity contribution in [3.05, 3.63) is 65.7 Å². The first-order valence-corrected chi connectivity index (χ1v) is 9.71. The Labute approximate surface area is 161 Å². The minimum Gasteiger partial charge on any atom is -0.378 e. The topological polar surface area (TPSA) is 44.4 Å². The van der Waals surface area contributed by atoms with E-state index in [9.17, 15) is 4.79 Å². The first-order valence-electron chi connectivity index (χ1n) is 9.71. The molecule has 4 rings (SSSR count). The molecule has 0 spiro atoms. The predicted octanol–water partition coefficient (Wildman–Crippen LogP) is 4.93. The summed E-state index contributed by atoms with van der Waals surface area (Å²) in [6.07, 6.45) is 6.19. The smallest absolute Gasteiger partial charge is 0.224 e. The van der Waals surface area contributed by atoms with Crippen molar-refractivity contribution in [1.82, 2.24) is 0 Å². The molecule has 2 aromatic carbocycles. The quantitative estimate of drug-likeness (QED) is 0.759. The van der Waals surface area contributed by atoms with Crippen LogP contribution in [0.5, 0.6) is 0 Å². The molecule has 0 saturated heterocycles. The zero-order chi connectivity index (χ0) is 19.0. The van der Waals surface area contributed by atoms with E-state index in [0.29, 0.717) is 24.3 Å². The van der Waals surface area contributed by atoms with Crippen molar-refractivity contribution in [3.8, 4) is 0 Å². The number of carbonyl (C=O) groups excluding carboxylic acids is 1. The molecule has 1 aliphatic carbocycles. The second kappa shape index (κ2) is 7.10. The van der Waals surface area contributed by atoms with Gasteiger partial charge in [-0.05, 0) is 53.8 Å². The van der Waals surface area contributed by atoms with E-state index in [0.717, 1.165) is 12.1 Å². The van der Waals surface area contributed by atoms with Crippen LogP contribution in [0.3, 0.4) is 0 Å². The van der Waals surface area contributed by atoms with Gasteiger partial charge in [-0.15, -0.1) is 0 Å². The second-order valence-corrected chi connectivity index (χ2v) is 7.67. The van der Waals surface area contributed by atoms with Crippen molar-refractivity contribution in [1.29, 1.82) is 0 Å². The minimum atomic E-state index is 0.0519. The van der Waals surface area contributed by atoms with Crippen LogP contribution in [0, 0.1) is 5.92 Å². The minimum absolute atomic E-state index is 0.0519. The van der Waals surface area contributed by atoms with Gasteiger partial charge in [-0.2, -0.15) is 0 Å². The van der Waals surface area contributed by atoms with Crippen molar-refractivity contribution in [2.24, 2.45) is 5.92 Å². The Balaban J connectivity index is 1.65. The van der Waals surface area contributed by atoms with E-state index >= 15 is 0 Å². The van der Waals surface area contributed by atoms with E-state index in [1.54, 1.807) is 0 Å². The van der Waals surface area contributed by atoms with Gasteiger partial charge < -0.3 is 15.5 Å². The van der Waals surface area contributed by atoms with Gasteiger partial charge in [0, 0.05) is 43.5 Å². The van der Waals surface area contributed by atoms with Gasteiger partial charge in [0.05, 0.1) is 6.04 Å². The molecular weight excluding hydrogens is 334 g/mol. The number of carbonyl (C=O) groups is 1. The molecule has 0 aromatic heterocycles. The fourth-order valence-electron chi connectivity index (χ4n) is 4.23. The monoisotopic (exact) mass is 361 g/mol. The zero-order valence-corrected chi connectivity index (χ0v) is 16.2. The molecule has 0 fully saturated rings. The molecule has 4 nitrogen and oxygen atoms in total. The summed E-state index contributed by atoms with van der Waals surface area (Å²) in [5.41, 5.74) is 5.87. The number of nitrogens with one attached hydrogen (secondary N) is 2. The van der Waals surface area contributed by atoms with E-state index < -0.39 is 0 Å².